The number of halogens is 2. The van der Waals surface area contributed by atoms with Crippen LogP contribution in [0.1, 0.15) is 0 Å². The van der Waals surface area contributed by atoms with Crippen molar-refractivity contribution in [2.45, 2.75) is 5.03 Å². The molecule has 2 N–H and O–H groups in total. The van der Waals surface area contributed by atoms with E-state index in [0.717, 1.165) is 6.26 Å². The average Bonchev–Trinajstić information content (AvgIpc) is 2.28. The molecule has 0 aliphatic carbocycles. The Labute approximate surface area is 114 Å². The maximum atomic E-state index is 11.6. The van der Waals surface area contributed by atoms with Crippen LogP contribution in [0.25, 0.3) is 11.0 Å². The summed E-state index contributed by atoms with van der Waals surface area (Å²) in [6, 6.07) is 3.06. The normalized spacial score (nSPS) is 12.0. The molecule has 0 unspecified atom stereocenters. The Morgan fingerprint density at radius 1 is 1.11 bits per heavy atom. The van der Waals surface area contributed by atoms with E-state index in [0.29, 0.717) is 26.9 Å². The van der Waals surface area contributed by atoms with Gasteiger partial charge in [0.15, 0.2) is 0 Å². The number of fused-ring (bicyclic) bond motifs is 1. The molecule has 1 aromatic heterocycles. The first-order valence-corrected chi connectivity index (χ1v) is 7.64. The van der Waals surface area contributed by atoms with E-state index in [1.165, 1.54) is 6.07 Å². The largest absolute Gasteiger partial charge is 0.297 e. The smallest absolute Gasteiger partial charge is 0.262 e. The van der Waals surface area contributed by atoms with Gasteiger partial charge in [-0.25, -0.2) is 13.4 Å². The number of sulfone groups is 1. The van der Waals surface area contributed by atoms with Crippen molar-refractivity contribution in [3.8, 4) is 0 Å². The first kappa shape index (κ1) is 13.5. The molecule has 96 valence electrons. The number of rotatable bonds is 2. The van der Waals surface area contributed by atoms with Gasteiger partial charge in [0.05, 0.1) is 28.1 Å². The van der Waals surface area contributed by atoms with Crippen molar-refractivity contribution >= 4 is 49.9 Å². The number of aromatic nitrogens is 2. The Kier molecular flexibility index (Phi) is 3.46. The molecule has 5 nitrogen and oxygen atoms in total. The highest BCUT2D eigenvalue weighted by Gasteiger charge is 2.21. The van der Waals surface area contributed by atoms with Gasteiger partial charge >= 0.3 is 0 Å². The second kappa shape index (κ2) is 4.62. The standard InChI is InChI=1S/C10H9Cl2N3O2S/c1-13-9-10(18(2,16)17)15-8-4-6(12)5(11)3-7(8)14-9/h3-4H,1-2H3,(H,13,14)/p+1. The van der Waals surface area contributed by atoms with Crippen LogP contribution in [-0.2, 0) is 9.84 Å². The summed E-state index contributed by atoms with van der Waals surface area (Å²) < 4.78 is 23.3. The van der Waals surface area contributed by atoms with Crippen molar-refractivity contribution in [1.82, 2.24) is 9.97 Å². The van der Waals surface area contributed by atoms with Crippen LogP contribution in [0.15, 0.2) is 17.2 Å². The highest BCUT2D eigenvalue weighted by atomic mass is 35.5. The molecule has 0 atom stereocenters. The van der Waals surface area contributed by atoms with Crippen LogP contribution >= 0.6 is 23.2 Å². The van der Waals surface area contributed by atoms with E-state index in [1.807, 2.05) is 0 Å². The summed E-state index contributed by atoms with van der Waals surface area (Å²) in [5.41, 5.74) is 0.903. The van der Waals surface area contributed by atoms with Gasteiger partial charge in [-0.05, 0) is 12.1 Å². The third-order valence-electron chi connectivity index (χ3n) is 2.32. The van der Waals surface area contributed by atoms with Gasteiger partial charge in [0.2, 0.25) is 14.9 Å². The molecule has 1 heterocycles. The van der Waals surface area contributed by atoms with E-state index in [4.69, 9.17) is 23.2 Å². The Balaban J connectivity index is 2.86. The number of quaternary nitrogens is 1. The van der Waals surface area contributed by atoms with Gasteiger partial charge in [-0.15, -0.1) is 0 Å². The van der Waals surface area contributed by atoms with Crippen molar-refractivity contribution in [3.63, 3.8) is 0 Å². The first-order valence-electron chi connectivity index (χ1n) is 4.99. The van der Waals surface area contributed by atoms with E-state index in [2.05, 4.69) is 9.97 Å². The van der Waals surface area contributed by atoms with Gasteiger partial charge in [0.1, 0.15) is 0 Å². The van der Waals surface area contributed by atoms with E-state index in [-0.39, 0.29) is 5.03 Å². The fourth-order valence-electron chi connectivity index (χ4n) is 1.51. The Bertz CT molecular complexity index is 731. The fraction of sp³-hybridized carbons (Fsp3) is 0.200. The molecular weight excluding hydrogens is 297 g/mol. The van der Waals surface area contributed by atoms with Gasteiger partial charge in [-0.1, -0.05) is 23.2 Å². The second-order valence-corrected chi connectivity index (χ2v) is 6.48. The van der Waals surface area contributed by atoms with E-state index >= 15 is 0 Å². The Morgan fingerprint density at radius 3 is 2.06 bits per heavy atom. The summed E-state index contributed by atoms with van der Waals surface area (Å²) in [6.45, 7) is 0. The lowest BCUT2D eigenvalue weighted by Crippen LogP contribution is -2.74. The van der Waals surface area contributed by atoms with Crippen LogP contribution in [0, 0.1) is 0 Å². The molecule has 0 radical (unpaired) electrons. The number of nitrogens with zero attached hydrogens (tertiary/aromatic N) is 2. The summed E-state index contributed by atoms with van der Waals surface area (Å²) in [7, 11) is -1.74. The van der Waals surface area contributed by atoms with Crippen molar-refractivity contribution in [2.75, 3.05) is 13.3 Å². The molecule has 1 aromatic carbocycles. The van der Waals surface area contributed by atoms with Crippen LogP contribution in [0.3, 0.4) is 0 Å². The minimum Gasteiger partial charge on any atom is -0.297 e. The van der Waals surface area contributed by atoms with Crippen LogP contribution in [0.4, 0.5) is 5.82 Å². The number of hydrogen-bond donors (Lipinski definition) is 1. The molecule has 0 aliphatic rings. The van der Waals surface area contributed by atoms with Crippen molar-refractivity contribution in [2.24, 2.45) is 0 Å². The number of benzene rings is 1. The Hall–Kier alpha value is -0.950. The average molecular weight is 307 g/mol. The van der Waals surface area contributed by atoms with Crippen LogP contribution in [0.5, 0.6) is 0 Å². The zero-order valence-corrected chi connectivity index (χ0v) is 11.9. The molecule has 18 heavy (non-hydrogen) atoms. The molecule has 0 saturated carbocycles. The zero-order chi connectivity index (χ0) is 13.5. The van der Waals surface area contributed by atoms with Gasteiger partial charge in [0, 0.05) is 6.26 Å². The molecule has 2 rings (SSSR count). The highest BCUT2D eigenvalue weighted by molar-refractivity contribution is 7.90. The lowest BCUT2D eigenvalue weighted by atomic mass is 10.3. The van der Waals surface area contributed by atoms with E-state index < -0.39 is 9.84 Å². The SMILES string of the molecule is C[NH2+]c1nc2cc(Cl)c(Cl)cc2nc1S(C)(=O)=O. The second-order valence-electron chi connectivity index (χ2n) is 3.73. The van der Waals surface area contributed by atoms with E-state index in [9.17, 15) is 8.42 Å². The molecule has 8 heteroatoms. The molecule has 0 amide bonds. The highest BCUT2D eigenvalue weighted by Crippen LogP contribution is 2.27. The van der Waals surface area contributed by atoms with Crippen molar-refractivity contribution < 1.29 is 13.7 Å². The van der Waals surface area contributed by atoms with Crippen LogP contribution in [0.2, 0.25) is 10.0 Å². The van der Waals surface area contributed by atoms with Crippen molar-refractivity contribution in [1.29, 1.82) is 0 Å². The minimum atomic E-state index is -3.44. The first-order chi connectivity index (χ1) is 8.32. The topological polar surface area (TPSA) is 76.5 Å². The number of nitrogens with two attached hydrogens (primary N) is 1. The molecule has 2 aromatic rings. The Morgan fingerprint density at radius 2 is 1.61 bits per heavy atom. The molecular formula is C10H10Cl2N3O2S+. The maximum Gasteiger partial charge on any atom is 0.262 e. The summed E-state index contributed by atoms with van der Waals surface area (Å²) in [6.07, 6.45) is 1.09. The maximum absolute atomic E-state index is 11.6. The molecule has 0 saturated heterocycles. The van der Waals surface area contributed by atoms with Gasteiger partial charge < -0.3 is 0 Å². The summed E-state index contributed by atoms with van der Waals surface area (Å²) in [4.78, 5) is 8.32. The summed E-state index contributed by atoms with van der Waals surface area (Å²) in [5, 5.41) is 2.19. The summed E-state index contributed by atoms with van der Waals surface area (Å²) in [5.74, 6) is 0.309. The summed E-state index contributed by atoms with van der Waals surface area (Å²) >= 11 is 11.8. The molecule has 0 fully saturated rings. The van der Waals surface area contributed by atoms with Gasteiger partial charge in [-0.2, -0.15) is 4.98 Å². The van der Waals surface area contributed by atoms with E-state index in [1.54, 1.807) is 18.4 Å². The van der Waals surface area contributed by atoms with Gasteiger partial charge in [0.25, 0.3) is 5.82 Å². The monoisotopic (exact) mass is 306 g/mol. The quantitative estimate of drug-likeness (QED) is 0.903. The number of hydrogen-bond acceptors (Lipinski definition) is 4. The molecule has 0 aliphatic heterocycles. The van der Waals surface area contributed by atoms with Gasteiger partial charge in [-0.3, -0.25) is 5.32 Å². The predicted octanol–water partition coefficient (Wildman–Crippen LogP) is 1.16. The third kappa shape index (κ3) is 2.42. The minimum absolute atomic E-state index is 0.0594. The third-order valence-corrected chi connectivity index (χ3v) is 4.05. The lowest BCUT2D eigenvalue weighted by molar-refractivity contribution is -0.546. The lowest BCUT2D eigenvalue weighted by Gasteiger charge is -2.05. The van der Waals surface area contributed by atoms with Crippen LogP contribution < -0.4 is 5.32 Å². The predicted molar refractivity (Wildman–Crippen MR) is 70.2 cm³/mol. The fourth-order valence-corrected chi connectivity index (χ4v) is 2.63. The van der Waals surface area contributed by atoms with Crippen LogP contribution in [-0.4, -0.2) is 31.7 Å². The van der Waals surface area contributed by atoms with Crippen molar-refractivity contribution in [3.05, 3.63) is 22.2 Å². The molecule has 0 bridgehead atoms. The molecule has 0 spiro atoms. The zero-order valence-electron chi connectivity index (χ0n) is 9.61.